The van der Waals surface area contributed by atoms with E-state index in [1.165, 1.54) is 5.56 Å². The lowest BCUT2D eigenvalue weighted by Gasteiger charge is -2.16. The van der Waals surface area contributed by atoms with Crippen LogP contribution in [0.4, 0.5) is 0 Å². The van der Waals surface area contributed by atoms with Gasteiger partial charge in [0.1, 0.15) is 18.2 Å². The van der Waals surface area contributed by atoms with Crippen molar-refractivity contribution in [3.8, 4) is 5.75 Å². The molecule has 21 heavy (non-hydrogen) atoms. The average Bonchev–Trinajstić information content (AvgIpc) is 2.88. The molecule has 0 aliphatic carbocycles. The number of ether oxygens (including phenoxy) is 1. The van der Waals surface area contributed by atoms with Crippen LogP contribution in [0.3, 0.4) is 0 Å². The largest absolute Gasteiger partial charge is 0.485 e. The van der Waals surface area contributed by atoms with Gasteiger partial charge in [0.15, 0.2) is 0 Å². The van der Waals surface area contributed by atoms with Gasteiger partial charge in [-0.3, -0.25) is 0 Å². The molecule has 0 aliphatic rings. The lowest BCUT2D eigenvalue weighted by Crippen LogP contribution is -2.19. The van der Waals surface area contributed by atoms with E-state index in [0.717, 1.165) is 30.1 Å². The molecule has 114 valence electrons. The van der Waals surface area contributed by atoms with E-state index in [0.29, 0.717) is 12.6 Å². The first kappa shape index (κ1) is 15.6. The van der Waals surface area contributed by atoms with E-state index >= 15 is 0 Å². The summed E-state index contributed by atoms with van der Waals surface area (Å²) in [6.07, 6.45) is 4.86. The molecule has 1 N–H and O–H groups in total. The Morgan fingerprint density at radius 1 is 1.38 bits per heavy atom. The summed E-state index contributed by atoms with van der Waals surface area (Å²) in [5, 5.41) is 3.50. The monoisotopic (exact) mass is 287 g/mol. The van der Waals surface area contributed by atoms with Crippen LogP contribution in [0.5, 0.6) is 5.75 Å². The second kappa shape index (κ2) is 7.27. The third-order valence-electron chi connectivity index (χ3n) is 3.68. The zero-order valence-corrected chi connectivity index (χ0v) is 13.4. The van der Waals surface area contributed by atoms with Crippen LogP contribution in [-0.4, -0.2) is 16.1 Å². The van der Waals surface area contributed by atoms with Crippen molar-refractivity contribution >= 4 is 0 Å². The zero-order chi connectivity index (χ0) is 15.2. The summed E-state index contributed by atoms with van der Waals surface area (Å²) in [4.78, 5) is 4.27. The summed E-state index contributed by atoms with van der Waals surface area (Å²) in [5.41, 5.74) is 2.46. The summed E-state index contributed by atoms with van der Waals surface area (Å²) in [6.45, 7) is 7.99. The van der Waals surface area contributed by atoms with Gasteiger partial charge in [0.25, 0.3) is 0 Å². The van der Waals surface area contributed by atoms with Gasteiger partial charge >= 0.3 is 0 Å². The van der Waals surface area contributed by atoms with Crippen LogP contribution >= 0.6 is 0 Å². The molecule has 0 saturated carbocycles. The van der Waals surface area contributed by atoms with Gasteiger partial charge in [0.2, 0.25) is 0 Å². The summed E-state index contributed by atoms with van der Waals surface area (Å²) in [7, 11) is 1.97. The first-order chi connectivity index (χ1) is 10.1. The van der Waals surface area contributed by atoms with Crippen molar-refractivity contribution in [2.45, 2.75) is 39.8 Å². The fraction of sp³-hybridized carbons (Fsp3) is 0.471. The summed E-state index contributed by atoms with van der Waals surface area (Å²) < 4.78 is 7.85. The Hall–Kier alpha value is -1.81. The fourth-order valence-electron chi connectivity index (χ4n) is 2.26. The van der Waals surface area contributed by atoms with Crippen LogP contribution in [0.15, 0.2) is 30.6 Å². The minimum Gasteiger partial charge on any atom is -0.485 e. The van der Waals surface area contributed by atoms with E-state index in [2.05, 4.69) is 49.3 Å². The number of rotatable bonds is 7. The minimum atomic E-state index is 0.368. The number of hydrogen-bond acceptors (Lipinski definition) is 3. The van der Waals surface area contributed by atoms with Crippen molar-refractivity contribution in [2.24, 2.45) is 7.05 Å². The number of hydrogen-bond donors (Lipinski definition) is 1. The molecule has 4 heteroatoms. The lowest BCUT2D eigenvalue weighted by molar-refractivity contribution is 0.289. The molecule has 0 spiro atoms. The first-order valence-electron chi connectivity index (χ1n) is 7.54. The molecule has 0 aliphatic heterocycles. The number of aromatic nitrogens is 2. The van der Waals surface area contributed by atoms with Gasteiger partial charge in [0, 0.05) is 25.5 Å². The number of nitrogens with zero attached hydrogens (tertiary/aromatic N) is 2. The molecule has 1 atom stereocenters. The van der Waals surface area contributed by atoms with Gasteiger partial charge in [-0.25, -0.2) is 4.98 Å². The van der Waals surface area contributed by atoms with E-state index in [1.807, 2.05) is 17.8 Å². The van der Waals surface area contributed by atoms with Gasteiger partial charge in [-0.2, -0.15) is 0 Å². The van der Waals surface area contributed by atoms with Crippen molar-refractivity contribution in [3.05, 3.63) is 47.5 Å². The molecule has 0 bridgehead atoms. The smallest absolute Gasteiger partial charge is 0.146 e. The topological polar surface area (TPSA) is 39.1 Å². The van der Waals surface area contributed by atoms with Gasteiger partial charge in [-0.1, -0.05) is 19.1 Å². The van der Waals surface area contributed by atoms with Gasteiger partial charge < -0.3 is 14.6 Å². The highest BCUT2D eigenvalue weighted by Gasteiger charge is 2.08. The van der Waals surface area contributed by atoms with Crippen molar-refractivity contribution in [1.82, 2.24) is 14.9 Å². The molecule has 0 amide bonds. The van der Waals surface area contributed by atoms with E-state index in [4.69, 9.17) is 4.74 Å². The predicted octanol–water partition coefficient (Wildman–Crippen LogP) is 3.37. The Morgan fingerprint density at radius 2 is 2.19 bits per heavy atom. The first-order valence-corrected chi connectivity index (χ1v) is 7.54. The maximum Gasteiger partial charge on any atom is 0.146 e. The van der Waals surface area contributed by atoms with E-state index in [9.17, 15) is 0 Å². The maximum absolute atomic E-state index is 5.87. The predicted molar refractivity (Wildman–Crippen MR) is 85.4 cm³/mol. The van der Waals surface area contributed by atoms with Crippen molar-refractivity contribution in [2.75, 3.05) is 6.54 Å². The summed E-state index contributed by atoms with van der Waals surface area (Å²) in [6, 6.07) is 6.75. The second-order valence-corrected chi connectivity index (χ2v) is 5.44. The normalized spacial score (nSPS) is 12.4. The molecular weight excluding hydrogens is 262 g/mol. The Balaban J connectivity index is 2.00. The third-order valence-corrected chi connectivity index (χ3v) is 3.68. The average molecular weight is 287 g/mol. The quantitative estimate of drug-likeness (QED) is 0.848. The van der Waals surface area contributed by atoms with Crippen LogP contribution < -0.4 is 10.1 Å². The molecule has 0 saturated heterocycles. The second-order valence-electron chi connectivity index (χ2n) is 5.44. The molecule has 4 nitrogen and oxygen atoms in total. The number of benzene rings is 1. The Morgan fingerprint density at radius 3 is 2.81 bits per heavy atom. The Bertz CT molecular complexity index is 577. The van der Waals surface area contributed by atoms with E-state index in [-0.39, 0.29) is 0 Å². The number of imidazole rings is 1. The molecular formula is C17H25N3O. The minimum absolute atomic E-state index is 0.368. The van der Waals surface area contributed by atoms with Gasteiger partial charge in [0.05, 0.1) is 0 Å². The Labute approximate surface area is 127 Å². The number of nitrogens with one attached hydrogen (secondary N) is 1. The highest BCUT2D eigenvalue weighted by molar-refractivity contribution is 5.37. The third kappa shape index (κ3) is 4.08. The van der Waals surface area contributed by atoms with Crippen molar-refractivity contribution < 1.29 is 4.74 Å². The summed E-state index contributed by atoms with van der Waals surface area (Å²) >= 11 is 0. The van der Waals surface area contributed by atoms with Crippen molar-refractivity contribution in [3.63, 3.8) is 0 Å². The van der Waals surface area contributed by atoms with Crippen molar-refractivity contribution in [1.29, 1.82) is 0 Å². The zero-order valence-electron chi connectivity index (χ0n) is 13.4. The van der Waals surface area contributed by atoms with E-state index < -0.39 is 0 Å². The molecule has 1 aromatic carbocycles. The highest BCUT2D eigenvalue weighted by Crippen LogP contribution is 2.23. The summed E-state index contributed by atoms with van der Waals surface area (Å²) in [5.74, 6) is 1.85. The molecule has 1 unspecified atom stereocenters. The van der Waals surface area contributed by atoms with Gasteiger partial charge in [-0.15, -0.1) is 0 Å². The van der Waals surface area contributed by atoms with Crippen LogP contribution in [0.2, 0.25) is 0 Å². The fourth-order valence-corrected chi connectivity index (χ4v) is 2.26. The highest BCUT2D eigenvalue weighted by atomic mass is 16.5. The van der Waals surface area contributed by atoms with Crippen LogP contribution in [0.1, 0.15) is 43.3 Å². The number of aryl methyl sites for hydroxylation is 2. The molecule has 0 fully saturated rings. The molecule has 1 aromatic heterocycles. The van der Waals surface area contributed by atoms with Crippen LogP contribution in [0.25, 0.3) is 0 Å². The van der Waals surface area contributed by atoms with Gasteiger partial charge in [-0.05, 0) is 44.0 Å². The molecule has 2 rings (SSSR count). The van der Waals surface area contributed by atoms with Crippen LogP contribution in [-0.2, 0) is 13.7 Å². The molecule has 1 heterocycles. The SMILES string of the molecule is CCCNC(C)c1ccc(OCc2nccn2C)c(C)c1. The molecule has 0 radical (unpaired) electrons. The molecule has 2 aromatic rings. The standard InChI is InChI=1S/C17H25N3O/c1-5-8-18-14(3)15-6-7-16(13(2)11-15)21-12-17-19-9-10-20(17)4/h6-7,9-11,14,18H,5,8,12H2,1-4H3. The Kier molecular flexibility index (Phi) is 5.39. The lowest BCUT2D eigenvalue weighted by atomic mass is 10.0. The van der Waals surface area contributed by atoms with E-state index in [1.54, 1.807) is 6.20 Å². The maximum atomic E-state index is 5.87. The van der Waals surface area contributed by atoms with Crippen LogP contribution in [0, 0.1) is 6.92 Å².